The topological polar surface area (TPSA) is 44.1 Å². The van der Waals surface area contributed by atoms with Crippen molar-refractivity contribution in [2.75, 3.05) is 11.4 Å². The molecule has 3 nitrogen and oxygen atoms in total. The zero-order valence-corrected chi connectivity index (χ0v) is 17.7. The van der Waals surface area contributed by atoms with Crippen molar-refractivity contribution in [1.29, 1.82) is 5.26 Å². The summed E-state index contributed by atoms with van der Waals surface area (Å²) < 4.78 is 0. The third-order valence-electron chi connectivity index (χ3n) is 6.09. The van der Waals surface area contributed by atoms with Gasteiger partial charge in [0.1, 0.15) is 0 Å². The molecule has 0 fully saturated rings. The summed E-state index contributed by atoms with van der Waals surface area (Å²) >= 11 is 0. The van der Waals surface area contributed by atoms with Crippen LogP contribution in [0.5, 0.6) is 0 Å². The number of nitriles is 1. The second-order valence-electron chi connectivity index (χ2n) is 8.40. The summed E-state index contributed by atoms with van der Waals surface area (Å²) in [7, 11) is 0. The van der Waals surface area contributed by atoms with Gasteiger partial charge in [-0.2, -0.15) is 5.26 Å². The van der Waals surface area contributed by atoms with Gasteiger partial charge in [-0.25, -0.2) is 0 Å². The minimum Gasteiger partial charge on any atom is -0.312 e. The van der Waals surface area contributed by atoms with Crippen LogP contribution >= 0.6 is 0 Å². The number of rotatable bonds is 9. The minimum atomic E-state index is 0.215. The molecular formula is C26H32N2O. The Kier molecular flexibility index (Phi) is 7.47. The van der Waals surface area contributed by atoms with E-state index in [0.717, 1.165) is 31.4 Å². The molecule has 0 bridgehead atoms. The van der Waals surface area contributed by atoms with Gasteiger partial charge in [-0.05, 0) is 48.3 Å². The lowest BCUT2D eigenvalue weighted by Gasteiger charge is -2.24. The molecular weight excluding hydrogens is 356 g/mol. The van der Waals surface area contributed by atoms with Crippen LogP contribution in [-0.4, -0.2) is 12.5 Å². The molecule has 0 saturated heterocycles. The Morgan fingerprint density at radius 1 is 1.17 bits per heavy atom. The molecule has 0 aromatic heterocycles. The molecule has 0 aliphatic carbocycles. The van der Waals surface area contributed by atoms with Crippen molar-refractivity contribution in [2.45, 2.75) is 64.2 Å². The van der Waals surface area contributed by atoms with Gasteiger partial charge in [-0.1, -0.05) is 68.8 Å². The van der Waals surface area contributed by atoms with Crippen LogP contribution in [-0.2, 0) is 4.79 Å². The Balaban J connectivity index is 1.65. The van der Waals surface area contributed by atoms with E-state index in [1.807, 2.05) is 23.1 Å². The van der Waals surface area contributed by atoms with Gasteiger partial charge < -0.3 is 4.90 Å². The number of nitrogens with zero attached hydrogens (tertiary/aromatic N) is 2. The molecule has 1 amide bonds. The predicted molar refractivity (Wildman–Crippen MR) is 119 cm³/mol. The smallest absolute Gasteiger partial charge is 0.227 e. The zero-order valence-electron chi connectivity index (χ0n) is 17.7. The molecule has 3 atom stereocenters. The molecule has 3 rings (SSSR count). The fourth-order valence-corrected chi connectivity index (χ4v) is 4.69. The monoisotopic (exact) mass is 388 g/mol. The first-order valence-electron chi connectivity index (χ1n) is 10.9. The van der Waals surface area contributed by atoms with Crippen LogP contribution in [0.1, 0.15) is 75.3 Å². The Morgan fingerprint density at radius 2 is 1.90 bits per heavy atom. The van der Waals surface area contributed by atoms with E-state index in [-0.39, 0.29) is 11.8 Å². The van der Waals surface area contributed by atoms with Gasteiger partial charge >= 0.3 is 0 Å². The van der Waals surface area contributed by atoms with Gasteiger partial charge in [0.2, 0.25) is 5.91 Å². The molecule has 1 heterocycles. The quantitative estimate of drug-likeness (QED) is 0.497. The maximum absolute atomic E-state index is 13.2. The lowest BCUT2D eigenvalue weighted by atomic mass is 9.85. The van der Waals surface area contributed by atoms with Crippen molar-refractivity contribution >= 4 is 11.6 Å². The molecule has 1 aliphatic rings. The third kappa shape index (κ3) is 5.26. The molecule has 2 aromatic rings. The van der Waals surface area contributed by atoms with Gasteiger partial charge in [0, 0.05) is 31.0 Å². The van der Waals surface area contributed by atoms with Crippen LogP contribution in [0.2, 0.25) is 0 Å². The first-order valence-corrected chi connectivity index (χ1v) is 10.9. The highest BCUT2D eigenvalue weighted by Gasteiger charge is 2.32. The van der Waals surface area contributed by atoms with Crippen LogP contribution < -0.4 is 4.90 Å². The van der Waals surface area contributed by atoms with Crippen molar-refractivity contribution in [3.05, 3.63) is 65.7 Å². The van der Waals surface area contributed by atoms with Crippen molar-refractivity contribution in [3.8, 4) is 6.07 Å². The largest absolute Gasteiger partial charge is 0.312 e. The number of fused-ring (bicyclic) bond motifs is 1. The van der Waals surface area contributed by atoms with Gasteiger partial charge in [-0.15, -0.1) is 0 Å². The summed E-state index contributed by atoms with van der Waals surface area (Å²) in [5, 5.41) is 8.96. The highest BCUT2D eigenvalue weighted by Crippen LogP contribution is 2.39. The summed E-state index contributed by atoms with van der Waals surface area (Å²) in [6, 6.07) is 21.1. The lowest BCUT2D eigenvalue weighted by Crippen LogP contribution is -2.31. The summed E-state index contributed by atoms with van der Waals surface area (Å²) in [6.07, 6.45) is 5.28. The van der Waals surface area contributed by atoms with Crippen molar-refractivity contribution in [2.24, 2.45) is 5.92 Å². The van der Waals surface area contributed by atoms with Crippen LogP contribution in [0.3, 0.4) is 0 Å². The zero-order chi connectivity index (χ0) is 20.6. The number of hydrogen-bond acceptors (Lipinski definition) is 2. The number of carbonyl (C=O) groups is 1. The van der Waals surface area contributed by atoms with Gasteiger partial charge in [0.15, 0.2) is 0 Å². The lowest BCUT2D eigenvalue weighted by molar-refractivity contribution is -0.119. The molecule has 3 heteroatoms. The van der Waals surface area contributed by atoms with E-state index in [1.165, 1.54) is 11.1 Å². The number of carbonyl (C=O) groups excluding carboxylic acids is 1. The first-order chi connectivity index (χ1) is 14.1. The van der Waals surface area contributed by atoms with E-state index in [4.69, 9.17) is 5.26 Å². The number of amides is 1. The second kappa shape index (κ2) is 10.3. The molecule has 0 radical (unpaired) electrons. The van der Waals surface area contributed by atoms with Crippen LogP contribution in [0.25, 0.3) is 0 Å². The standard InChI is InChI=1S/C26H32N2O/c1-3-10-22(21-11-5-4-6-12-21)17-20(2)18-26(29)28-19-23(13-9-16-27)24-14-7-8-15-25(24)28/h4-8,11-12,14-15,20,22-23H,3,9-10,13,17-19H2,1-2H3. The second-order valence-corrected chi connectivity index (χ2v) is 8.40. The van der Waals surface area contributed by atoms with E-state index in [0.29, 0.717) is 31.2 Å². The van der Waals surface area contributed by atoms with E-state index in [9.17, 15) is 4.79 Å². The molecule has 1 aliphatic heterocycles. The van der Waals surface area contributed by atoms with Gasteiger partial charge in [0.25, 0.3) is 0 Å². The fraction of sp³-hybridized carbons (Fsp3) is 0.462. The molecule has 0 N–H and O–H groups in total. The summed E-state index contributed by atoms with van der Waals surface area (Å²) in [5.41, 5.74) is 3.65. The van der Waals surface area contributed by atoms with E-state index in [2.05, 4.69) is 56.3 Å². The number of benzene rings is 2. The average molecular weight is 389 g/mol. The van der Waals surface area contributed by atoms with Crippen molar-refractivity contribution in [1.82, 2.24) is 0 Å². The average Bonchev–Trinajstić information content (AvgIpc) is 3.11. The van der Waals surface area contributed by atoms with Gasteiger partial charge in [-0.3, -0.25) is 4.79 Å². The SMILES string of the molecule is CCCC(CC(C)CC(=O)N1CC(CCC#N)c2ccccc21)c1ccccc1. The molecule has 3 unspecified atom stereocenters. The Bertz CT molecular complexity index is 839. The predicted octanol–water partition coefficient (Wildman–Crippen LogP) is 6.42. The van der Waals surface area contributed by atoms with Crippen LogP contribution in [0.4, 0.5) is 5.69 Å². The fourth-order valence-electron chi connectivity index (χ4n) is 4.69. The van der Waals surface area contributed by atoms with Crippen molar-refractivity contribution in [3.63, 3.8) is 0 Å². The Labute approximate surface area is 175 Å². The normalized spacial score (nSPS) is 17.4. The number of para-hydroxylation sites is 1. The number of hydrogen-bond donors (Lipinski definition) is 0. The molecule has 0 saturated carbocycles. The summed E-state index contributed by atoms with van der Waals surface area (Å²) in [5.74, 6) is 1.35. The maximum Gasteiger partial charge on any atom is 0.227 e. The highest BCUT2D eigenvalue weighted by molar-refractivity contribution is 5.96. The van der Waals surface area contributed by atoms with Crippen LogP contribution in [0.15, 0.2) is 54.6 Å². The molecule has 29 heavy (non-hydrogen) atoms. The third-order valence-corrected chi connectivity index (χ3v) is 6.09. The first kappa shape index (κ1) is 21.1. The summed E-state index contributed by atoms with van der Waals surface area (Å²) in [6.45, 7) is 5.15. The minimum absolute atomic E-state index is 0.215. The van der Waals surface area contributed by atoms with Crippen molar-refractivity contribution < 1.29 is 4.79 Å². The van der Waals surface area contributed by atoms with Crippen LogP contribution in [0, 0.1) is 17.2 Å². The highest BCUT2D eigenvalue weighted by atomic mass is 16.2. The van der Waals surface area contributed by atoms with Gasteiger partial charge in [0.05, 0.1) is 6.07 Å². The van der Waals surface area contributed by atoms with E-state index < -0.39 is 0 Å². The molecule has 2 aromatic carbocycles. The Morgan fingerprint density at radius 3 is 2.62 bits per heavy atom. The van der Waals surface area contributed by atoms with E-state index >= 15 is 0 Å². The maximum atomic E-state index is 13.2. The summed E-state index contributed by atoms with van der Waals surface area (Å²) in [4.78, 5) is 15.1. The Hall–Kier alpha value is -2.60. The van der Waals surface area contributed by atoms with E-state index in [1.54, 1.807) is 0 Å². The molecule has 152 valence electrons. The number of anilines is 1. The molecule has 0 spiro atoms.